The molecule has 2 aliphatic heterocycles. The first kappa shape index (κ1) is 25.4. The highest BCUT2D eigenvalue weighted by molar-refractivity contribution is 6.46. The molecular formula is C27H31NO8. The van der Waals surface area contributed by atoms with Crippen molar-refractivity contribution >= 4 is 17.4 Å². The van der Waals surface area contributed by atoms with Gasteiger partial charge in [-0.15, -0.1) is 0 Å². The number of aliphatic hydroxyl groups is 1. The van der Waals surface area contributed by atoms with Gasteiger partial charge in [0.25, 0.3) is 11.7 Å². The van der Waals surface area contributed by atoms with Gasteiger partial charge in [0.1, 0.15) is 17.3 Å². The third-order valence-electron chi connectivity index (χ3n) is 6.43. The van der Waals surface area contributed by atoms with E-state index >= 15 is 0 Å². The smallest absolute Gasteiger partial charge is 0.295 e. The molecule has 0 spiro atoms. The summed E-state index contributed by atoms with van der Waals surface area (Å²) in [5, 5.41) is 11.4. The second kappa shape index (κ2) is 10.9. The lowest BCUT2D eigenvalue weighted by Crippen LogP contribution is -2.36. The zero-order valence-electron chi connectivity index (χ0n) is 20.9. The minimum atomic E-state index is -0.856. The number of carbonyl (C=O) groups excluding carboxylic acids is 2. The summed E-state index contributed by atoms with van der Waals surface area (Å²) in [6.07, 6.45) is 1.49. The number of carbonyl (C=O) groups is 2. The lowest BCUT2D eigenvalue weighted by atomic mass is 9.94. The maximum atomic E-state index is 13.4. The van der Waals surface area contributed by atoms with E-state index < -0.39 is 17.7 Å². The zero-order valence-corrected chi connectivity index (χ0v) is 20.9. The number of Topliss-reactive ketones (excluding diaryl/α,β-unsaturated/α-hetero) is 1. The van der Waals surface area contributed by atoms with Crippen LogP contribution in [0.15, 0.2) is 42.0 Å². The van der Waals surface area contributed by atoms with Gasteiger partial charge in [0, 0.05) is 19.2 Å². The van der Waals surface area contributed by atoms with Crippen LogP contribution in [0.2, 0.25) is 0 Å². The van der Waals surface area contributed by atoms with Crippen molar-refractivity contribution in [2.75, 3.05) is 41.1 Å². The van der Waals surface area contributed by atoms with Crippen LogP contribution in [0.3, 0.4) is 0 Å². The van der Waals surface area contributed by atoms with Crippen LogP contribution in [0.5, 0.6) is 23.0 Å². The molecule has 0 aromatic heterocycles. The number of rotatable bonds is 9. The number of hydrogen-bond acceptors (Lipinski definition) is 8. The molecule has 0 bridgehead atoms. The molecule has 2 unspecified atom stereocenters. The lowest BCUT2D eigenvalue weighted by molar-refractivity contribution is -0.140. The molecule has 36 heavy (non-hydrogen) atoms. The fraction of sp³-hybridized carbons (Fsp3) is 0.407. The summed E-state index contributed by atoms with van der Waals surface area (Å²) in [4.78, 5) is 28.1. The first-order valence-corrected chi connectivity index (χ1v) is 11.9. The van der Waals surface area contributed by atoms with Crippen LogP contribution in [0.25, 0.3) is 5.76 Å². The van der Waals surface area contributed by atoms with E-state index in [2.05, 4.69) is 0 Å². The molecule has 2 atom stereocenters. The van der Waals surface area contributed by atoms with Gasteiger partial charge in [-0.3, -0.25) is 9.59 Å². The molecule has 192 valence electrons. The quantitative estimate of drug-likeness (QED) is 0.318. The number of ether oxygens (including phenoxy) is 5. The zero-order chi connectivity index (χ0) is 25.8. The molecule has 2 aromatic rings. The summed E-state index contributed by atoms with van der Waals surface area (Å²) in [5.41, 5.74) is 0.838. The van der Waals surface area contributed by atoms with Crippen molar-refractivity contribution < 1.29 is 38.4 Å². The summed E-state index contributed by atoms with van der Waals surface area (Å²) < 4.78 is 27.6. The molecule has 0 saturated carbocycles. The fourth-order valence-corrected chi connectivity index (χ4v) is 4.69. The molecule has 0 aliphatic carbocycles. The van der Waals surface area contributed by atoms with Crippen LogP contribution in [0.1, 0.15) is 36.9 Å². The highest BCUT2D eigenvalue weighted by Gasteiger charge is 2.47. The van der Waals surface area contributed by atoms with Gasteiger partial charge in [-0.1, -0.05) is 6.07 Å². The number of nitrogens with zero attached hydrogens (tertiary/aromatic N) is 1. The number of methoxy groups -OCH3 is 3. The molecule has 2 fully saturated rings. The minimum Gasteiger partial charge on any atom is -0.507 e. The van der Waals surface area contributed by atoms with Gasteiger partial charge in [-0.05, 0) is 49.6 Å². The standard InChI is InChI=1S/C27H31NO8/c1-5-35-20-11-8-16(13-22(20)34-4)24-23(25(29)19-10-9-17(32-2)14-21(19)33-3)26(30)27(31)28(24)15-18-7-6-12-36-18/h8-11,13-14,18,24,29H,5-7,12,15H2,1-4H3/b25-23+. The molecule has 1 N–H and O–H groups in total. The summed E-state index contributed by atoms with van der Waals surface area (Å²) in [7, 11) is 4.49. The summed E-state index contributed by atoms with van der Waals surface area (Å²) in [6.45, 7) is 3.15. The van der Waals surface area contributed by atoms with Crippen molar-refractivity contribution in [1.82, 2.24) is 4.90 Å². The van der Waals surface area contributed by atoms with Gasteiger partial charge in [0.2, 0.25) is 0 Å². The predicted octanol–water partition coefficient (Wildman–Crippen LogP) is 3.71. The van der Waals surface area contributed by atoms with Crippen molar-refractivity contribution in [3.63, 3.8) is 0 Å². The van der Waals surface area contributed by atoms with Gasteiger partial charge >= 0.3 is 0 Å². The Morgan fingerprint density at radius 3 is 2.44 bits per heavy atom. The van der Waals surface area contributed by atoms with E-state index in [1.54, 1.807) is 36.4 Å². The maximum Gasteiger partial charge on any atom is 0.295 e. The van der Waals surface area contributed by atoms with Gasteiger partial charge in [0.15, 0.2) is 11.5 Å². The van der Waals surface area contributed by atoms with Crippen molar-refractivity contribution in [3.05, 3.63) is 53.1 Å². The van der Waals surface area contributed by atoms with Crippen molar-refractivity contribution in [3.8, 4) is 23.0 Å². The average Bonchev–Trinajstić information content (AvgIpc) is 3.50. The Bertz CT molecular complexity index is 1170. The van der Waals surface area contributed by atoms with Crippen LogP contribution in [-0.2, 0) is 14.3 Å². The Kier molecular flexibility index (Phi) is 7.69. The Labute approximate surface area is 210 Å². The third kappa shape index (κ3) is 4.70. The Morgan fingerprint density at radius 1 is 1.03 bits per heavy atom. The number of ketones is 1. The highest BCUT2D eigenvalue weighted by atomic mass is 16.5. The topological polar surface area (TPSA) is 104 Å². The maximum absolute atomic E-state index is 13.4. The fourth-order valence-electron chi connectivity index (χ4n) is 4.69. The Hall–Kier alpha value is -3.72. The van der Waals surface area contributed by atoms with Gasteiger partial charge in [-0.2, -0.15) is 0 Å². The van der Waals surface area contributed by atoms with Gasteiger partial charge in [-0.25, -0.2) is 0 Å². The van der Waals surface area contributed by atoms with Gasteiger partial charge in [0.05, 0.1) is 51.2 Å². The van der Waals surface area contributed by atoms with E-state index in [0.29, 0.717) is 41.8 Å². The molecule has 9 nitrogen and oxygen atoms in total. The summed E-state index contributed by atoms with van der Waals surface area (Å²) >= 11 is 0. The number of benzene rings is 2. The molecule has 2 heterocycles. The second-order valence-electron chi connectivity index (χ2n) is 8.50. The predicted molar refractivity (Wildman–Crippen MR) is 132 cm³/mol. The first-order valence-electron chi connectivity index (χ1n) is 11.9. The number of likely N-dealkylation sites (tertiary alicyclic amines) is 1. The van der Waals surface area contributed by atoms with Crippen LogP contribution >= 0.6 is 0 Å². The summed E-state index contributed by atoms with van der Waals surface area (Å²) in [6, 6.07) is 9.22. The van der Waals surface area contributed by atoms with Gasteiger partial charge < -0.3 is 33.7 Å². The minimum absolute atomic E-state index is 0.0346. The second-order valence-corrected chi connectivity index (χ2v) is 8.50. The largest absolute Gasteiger partial charge is 0.507 e. The average molecular weight is 498 g/mol. The van der Waals surface area contributed by atoms with Crippen LogP contribution < -0.4 is 18.9 Å². The van der Waals surface area contributed by atoms with E-state index in [-0.39, 0.29) is 29.5 Å². The lowest BCUT2D eigenvalue weighted by Gasteiger charge is -2.28. The molecule has 0 radical (unpaired) electrons. The van der Waals surface area contributed by atoms with Crippen molar-refractivity contribution in [2.24, 2.45) is 0 Å². The highest BCUT2D eigenvalue weighted by Crippen LogP contribution is 2.44. The van der Waals surface area contributed by atoms with Crippen LogP contribution in [0, 0.1) is 0 Å². The van der Waals surface area contributed by atoms with Crippen molar-refractivity contribution in [1.29, 1.82) is 0 Å². The third-order valence-corrected chi connectivity index (χ3v) is 6.43. The van der Waals surface area contributed by atoms with E-state index in [4.69, 9.17) is 23.7 Å². The monoisotopic (exact) mass is 497 g/mol. The Morgan fingerprint density at radius 2 is 1.81 bits per heavy atom. The normalized spacial score (nSPS) is 21.1. The van der Waals surface area contributed by atoms with Crippen molar-refractivity contribution in [2.45, 2.75) is 31.9 Å². The molecule has 9 heteroatoms. The number of aliphatic hydroxyl groups excluding tert-OH is 1. The SMILES string of the molecule is CCOc1ccc(C2/C(=C(\O)c3ccc(OC)cc3OC)C(=O)C(=O)N2CC2CCCO2)cc1OC. The molecule has 1 amide bonds. The van der Waals surface area contributed by atoms with Crippen LogP contribution in [0.4, 0.5) is 0 Å². The van der Waals surface area contributed by atoms with Crippen LogP contribution in [-0.4, -0.2) is 68.9 Å². The Balaban J connectivity index is 1.87. The number of hydrogen-bond donors (Lipinski definition) is 1. The molecule has 2 aliphatic rings. The van der Waals surface area contributed by atoms with E-state index in [1.807, 2.05) is 6.92 Å². The van der Waals surface area contributed by atoms with E-state index in [1.165, 1.54) is 26.2 Å². The molecular weight excluding hydrogens is 466 g/mol. The molecule has 2 aromatic carbocycles. The number of amides is 1. The van der Waals surface area contributed by atoms with E-state index in [9.17, 15) is 14.7 Å². The molecule has 2 saturated heterocycles. The summed E-state index contributed by atoms with van der Waals surface area (Å²) in [5.74, 6) is 0.0186. The molecule has 4 rings (SSSR count). The van der Waals surface area contributed by atoms with E-state index in [0.717, 1.165) is 12.8 Å². The first-order chi connectivity index (χ1) is 17.4.